The molecular formula is C15H16O2. The number of ether oxygens (including phenoxy) is 1. The second-order valence-electron chi connectivity index (χ2n) is 4.05. The number of benzene rings is 2. The molecule has 0 fully saturated rings. The van der Waals surface area contributed by atoms with Crippen molar-refractivity contribution in [3.8, 4) is 0 Å². The lowest BCUT2D eigenvalue weighted by atomic mass is 10.0. The van der Waals surface area contributed by atoms with Gasteiger partial charge in [-0.25, -0.2) is 0 Å². The maximum Gasteiger partial charge on any atom is 0.163 e. The Bertz CT molecular complexity index is 531. The van der Waals surface area contributed by atoms with Gasteiger partial charge in [-0.3, -0.25) is 4.79 Å². The molecule has 2 rings (SSSR count). The Morgan fingerprint density at radius 3 is 2.53 bits per heavy atom. The maximum absolute atomic E-state index is 11.5. The highest BCUT2D eigenvalue weighted by molar-refractivity contribution is 5.86. The van der Waals surface area contributed by atoms with Crippen LogP contribution in [0, 0.1) is 0 Å². The second kappa shape index (κ2) is 5.11. The van der Waals surface area contributed by atoms with Crippen molar-refractivity contribution in [1.29, 1.82) is 0 Å². The number of fused-ring (bicyclic) bond motifs is 1. The lowest BCUT2D eigenvalue weighted by Crippen LogP contribution is -2.12. The predicted octanol–water partition coefficient (Wildman–Crippen LogP) is 3.51. The van der Waals surface area contributed by atoms with E-state index in [1.165, 1.54) is 5.39 Å². The van der Waals surface area contributed by atoms with E-state index in [1.807, 2.05) is 43.3 Å². The molecule has 0 aliphatic rings. The van der Waals surface area contributed by atoms with E-state index in [0.717, 1.165) is 10.9 Å². The third-order valence-electron chi connectivity index (χ3n) is 2.78. The van der Waals surface area contributed by atoms with Gasteiger partial charge in [-0.15, -0.1) is 0 Å². The number of carbonyl (C=O) groups excluding carboxylic acids is 1. The molecule has 2 nitrogen and oxygen atoms in total. The number of rotatable bonds is 4. The molecule has 0 amide bonds. The van der Waals surface area contributed by atoms with E-state index < -0.39 is 6.10 Å². The van der Waals surface area contributed by atoms with Gasteiger partial charge in [-0.1, -0.05) is 36.4 Å². The molecule has 0 spiro atoms. The molecular weight excluding hydrogens is 212 g/mol. The van der Waals surface area contributed by atoms with Crippen LogP contribution in [0.3, 0.4) is 0 Å². The van der Waals surface area contributed by atoms with Crippen LogP contribution in [0.25, 0.3) is 10.8 Å². The monoisotopic (exact) mass is 228 g/mol. The third kappa shape index (κ3) is 2.53. The zero-order valence-corrected chi connectivity index (χ0v) is 10.1. The van der Waals surface area contributed by atoms with Crippen molar-refractivity contribution in [2.24, 2.45) is 0 Å². The average molecular weight is 228 g/mol. The normalized spacial score (nSPS) is 12.6. The highest BCUT2D eigenvalue weighted by Gasteiger charge is 2.16. The van der Waals surface area contributed by atoms with Crippen molar-refractivity contribution in [2.45, 2.75) is 20.0 Å². The number of Topliss-reactive ketones (excluding diaryl/α,β-unsaturated/α-hetero) is 1. The fraction of sp³-hybridized carbons (Fsp3) is 0.267. The number of carbonyl (C=O) groups is 1. The molecule has 2 aromatic rings. The van der Waals surface area contributed by atoms with Gasteiger partial charge in [0, 0.05) is 6.61 Å². The summed E-state index contributed by atoms with van der Waals surface area (Å²) < 4.78 is 5.49. The van der Waals surface area contributed by atoms with Crippen LogP contribution in [0.15, 0.2) is 42.5 Å². The standard InChI is InChI=1S/C15H16O2/c1-3-17-15(11(2)16)14-9-8-12-6-4-5-7-13(12)10-14/h4-10,15H,3H2,1-2H3. The molecule has 17 heavy (non-hydrogen) atoms. The largest absolute Gasteiger partial charge is 0.366 e. The fourth-order valence-corrected chi connectivity index (χ4v) is 1.99. The van der Waals surface area contributed by atoms with Crippen LogP contribution >= 0.6 is 0 Å². The topological polar surface area (TPSA) is 26.3 Å². The van der Waals surface area contributed by atoms with Gasteiger partial charge in [0.15, 0.2) is 5.78 Å². The lowest BCUT2D eigenvalue weighted by molar-refractivity contribution is -0.128. The van der Waals surface area contributed by atoms with E-state index in [2.05, 4.69) is 6.07 Å². The summed E-state index contributed by atoms with van der Waals surface area (Å²) in [5, 5.41) is 2.31. The second-order valence-corrected chi connectivity index (χ2v) is 4.05. The average Bonchev–Trinajstić information content (AvgIpc) is 2.35. The summed E-state index contributed by atoms with van der Waals surface area (Å²) in [6, 6.07) is 14.1. The minimum atomic E-state index is -0.440. The van der Waals surface area contributed by atoms with Gasteiger partial charge in [0.2, 0.25) is 0 Å². The Hall–Kier alpha value is -1.67. The summed E-state index contributed by atoms with van der Waals surface area (Å²) in [7, 11) is 0. The summed E-state index contributed by atoms with van der Waals surface area (Å²) in [4.78, 5) is 11.5. The smallest absolute Gasteiger partial charge is 0.163 e. The predicted molar refractivity (Wildman–Crippen MR) is 69.0 cm³/mol. The summed E-state index contributed by atoms with van der Waals surface area (Å²) in [6.45, 7) is 4.00. The molecule has 0 N–H and O–H groups in total. The maximum atomic E-state index is 11.5. The Balaban J connectivity index is 2.43. The zero-order chi connectivity index (χ0) is 12.3. The molecule has 1 atom stereocenters. The molecule has 2 heteroatoms. The lowest BCUT2D eigenvalue weighted by Gasteiger charge is -2.14. The van der Waals surface area contributed by atoms with Gasteiger partial charge in [0.1, 0.15) is 6.10 Å². The zero-order valence-electron chi connectivity index (χ0n) is 10.1. The SMILES string of the molecule is CCOC(C(C)=O)c1ccc2ccccc2c1. The molecule has 2 aromatic carbocycles. The van der Waals surface area contributed by atoms with Gasteiger partial charge in [0.05, 0.1) is 0 Å². The highest BCUT2D eigenvalue weighted by Crippen LogP contribution is 2.23. The molecule has 0 bridgehead atoms. The Morgan fingerprint density at radius 1 is 1.18 bits per heavy atom. The van der Waals surface area contributed by atoms with Crippen LogP contribution in [0.1, 0.15) is 25.5 Å². The van der Waals surface area contributed by atoms with Crippen molar-refractivity contribution < 1.29 is 9.53 Å². The molecule has 1 unspecified atom stereocenters. The number of hydrogen-bond acceptors (Lipinski definition) is 2. The van der Waals surface area contributed by atoms with Crippen LogP contribution in [0.4, 0.5) is 0 Å². The van der Waals surface area contributed by atoms with Gasteiger partial charge < -0.3 is 4.74 Å². The van der Waals surface area contributed by atoms with Crippen molar-refractivity contribution in [3.05, 3.63) is 48.0 Å². The highest BCUT2D eigenvalue weighted by atomic mass is 16.5. The summed E-state index contributed by atoms with van der Waals surface area (Å²) >= 11 is 0. The third-order valence-corrected chi connectivity index (χ3v) is 2.78. The van der Waals surface area contributed by atoms with Crippen molar-refractivity contribution >= 4 is 16.6 Å². The first-order valence-electron chi connectivity index (χ1n) is 5.83. The molecule has 0 aliphatic carbocycles. The first kappa shape index (κ1) is 11.8. The molecule has 0 heterocycles. The minimum absolute atomic E-state index is 0.0436. The van der Waals surface area contributed by atoms with Crippen molar-refractivity contribution in [2.75, 3.05) is 6.61 Å². The van der Waals surface area contributed by atoms with Crippen molar-refractivity contribution in [3.63, 3.8) is 0 Å². The van der Waals surface area contributed by atoms with Crippen LogP contribution < -0.4 is 0 Å². The van der Waals surface area contributed by atoms with Gasteiger partial charge in [-0.2, -0.15) is 0 Å². The van der Waals surface area contributed by atoms with Crippen LogP contribution in [0.2, 0.25) is 0 Å². The number of ketones is 1. The van der Waals surface area contributed by atoms with Crippen LogP contribution in [0.5, 0.6) is 0 Å². The fourth-order valence-electron chi connectivity index (χ4n) is 1.99. The molecule has 0 aliphatic heterocycles. The van der Waals surface area contributed by atoms with E-state index in [1.54, 1.807) is 6.92 Å². The quantitative estimate of drug-likeness (QED) is 0.800. The Morgan fingerprint density at radius 2 is 1.88 bits per heavy atom. The molecule has 0 saturated carbocycles. The van der Waals surface area contributed by atoms with E-state index in [4.69, 9.17) is 4.74 Å². The minimum Gasteiger partial charge on any atom is -0.366 e. The van der Waals surface area contributed by atoms with Crippen LogP contribution in [-0.2, 0) is 9.53 Å². The number of hydrogen-bond donors (Lipinski definition) is 0. The van der Waals surface area contributed by atoms with Gasteiger partial charge >= 0.3 is 0 Å². The van der Waals surface area contributed by atoms with Crippen LogP contribution in [-0.4, -0.2) is 12.4 Å². The van der Waals surface area contributed by atoms with Gasteiger partial charge in [0.25, 0.3) is 0 Å². The van der Waals surface area contributed by atoms with Crippen molar-refractivity contribution in [1.82, 2.24) is 0 Å². The Labute approximate surface area is 101 Å². The molecule has 88 valence electrons. The van der Waals surface area contributed by atoms with E-state index in [9.17, 15) is 4.79 Å². The molecule has 0 aromatic heterocycles. The van der Waals surface area contributed by atoms with E-state index in [0.29, 0.717) is 6.61 Å². The molecule has 0 saturated heterocycles. The van der Waals surface area contributed by atoms with E-state index in [-0.39, 0.29) is 5.78 Å². The summed E-state index contributed by atoms with van der Waals surface area (Å²) in [5.74, 6) is 0.0436. The van der Waals surface area contributed by atoms with Gasteiger partial charge in [-0.05, 0) is 36.2 Å². The first-order chi connectivity index (χ1) is 8.22. The Kier molecular flexibility index (Phi) is 3.55. The molecule has 0 radical (unpaired) electrons. The first-order valence-corrected chi connectivity index (χ1v) is 5.83. The summed E-state index contributed by atoms with van der Waals surface area (Å²) in [6.07, 6.45) is -0.440. The van der Waals surface area contributed by atoms with E-state index >= 15 is 0 Å². The summed E-state index contributed by atoms with van der Waals surface area (Å²) in [5.41, 5.74) is 0.929.